The van der Waals surface area contributed by atoms with E-state index < -0.39 is 0 Å². The van der Waals surface area contributed by atoms with Gasteiger partial charge in [0.1, 0.15) is 11.6 Å². The van der Waals surface area contributed by atoms with Gasteiger partial charge < -0.3 is 0 Å². The molecule has 2 aliphatic rings. The first-order valence-corrected chi connectivity index (χ1v) is 11.5. The van der Waals surface area contributed by atoms with Crippen LogP contribution in [-0.2, 0) is 0 Å². The van der Waals surface area contributed by atoms with Gasteiger partial charge in [0, 0.05) is 5.39 Å². The fraction of sp³-hybridized carbons (Fsp3) is 0.615. The summed E-state index contributed by atoms with van der Waals surface area (Å²) in [6.07, 6.45) is 14.4. The Morgan fingerprint density at radius 2 is 1.64 bits per heavy atom. The minimum absolute atomic E-state index is 0.190. The van der Waals surface area contributed by atoms with Crippen LogP contribution in [0, 0.1) is 29.4 Å². The van der Waals surface area contributed by atoms with Gasteiger partial charge in [0.25, 0.3) is 0 Å². The van der Waals surface area contributed by atoms with Crippen molar-refractivity contribution in [1.29, 1.82) is 0 Å². The van der Waals surface area contributed by atoms with Crippen LogP contribution in [0.3, 0.4) is 0 Å². The van der Waals surface area contributed by atoms with Crippen molar-refractivity contribution < 1.29 is 8.78 Å². The zero-order valence-corrected chi connectivity index (χ0v) is 17.2. The molecule has 0 N–H and O–H groups in total. The molecule has 0 saturated heterocycles. The molecule has 0 radical (unpaired) electrons. The number of halogens is 2. The van der Waals surface area contributed by atoms with E-state index in [0.717, 1.165) is 41.5 Å². The maximum Gasteiger partial charge on any atom is 0.134 e. The number of benzene rings is 2. The van der Waals surface area contributed by atoms with E-state index in [-0.39, 0.29) is 11.6 Å². The summed E-state index contributed by atoms with van der Waals surface area (Å²) in [7, 11) is 0. The van der Waals surface area contributed by atoms with E-state index in [1.165, 1.54) is 69.9 Å². The molecule has 2 aromatic carbocycles. The van der Waals surface area contributed by atoms with Gasteiger partial charge in [-0.2, -0.15) is 0 Å². The molecule has 2 heteroatoms. The summed E-state index contributed by atoms with van der Waals surface area (Å²) < 4.78 is 28.8. The molecule has 2 aliphatic carbocycles. The fourth-order valence-electron chi connectivity index (χ4n) is 5.98. The van der Waals surface area contributed by atoms with Crippen molar-refractivity contribution in [1.82, 2.24) is 0 Å². The lowest BCUT2D eigenvalue weighted by molar-refractivity contribution is 0.112. The molecule has 0 aliphatic heterocycles. The highest BCUT2D eigenvalue weighted by molar-refractivity contribution is 5.84. The highest BCUT2D eigenvalue weighted by Gasteiger charge is 2.36. The fourth-order valence-corrected chi connectivity index (χ4v) is 5.98. The summed E-state index contributed by atoms with van der Waals surface area (Å²) in [5.41, 5.74) is 0.818. The first-order chi connectivity index (χ1) is 13.7. The monoisotopic (exact) mass is 384 g/mol. The maximum absolute atomic E-state index is 15.2. The van der Waals surface area contributed by atoms with E-state index in [1.54, 1.807) is 6.07 Å². The molecule has 4 unspecified atom stereocenters. The Morgan fingerprint density at radius 3 is 2.50 bits per heavy atom. The predicted molar refractivity (Wildman–Crippen MR) is 114 cm³/mol. The lowest BCUT2D eigenvalue weighted by Gasteiger charge is -2.42. The molecule has 0 bridgehead atoms. The van der Waals surface area contributed by atoms with Crippen LogP contribution in [0.4, 0.5) is 8.78 Å². The van der Waals surface area contributed by atoms with Crippen molar-refractivity contribution in [3.8, 4) is 0 Å². The summed E-state index contributed by atoms with van der Waals surface area (Å²) in [4.78, 5) is 0. The highest BCUT2D eigenvalue weighted by Crippen LogP contribution is 2.49. The van der Waals surface area contributed by atoms with Gasteiger partial charge in [-0.3, -0.25) is 0 Å². The van der Waals surface area contributed by atoms with Gasteiger partial charge in [-0.25, -0.2) is 8.78 Å². The third-order valence-corrected chi connectivity index (χ3v) is 7.58. The Hall–Kier alpha value is -1.44. The van der Waals surface area contributed by atoms with Gasteiger partial charge in [-0.15, -0.1) is 0 Å². The van der Waals surface area contributed by atoms with Crippen LogP contribution in [0.15, 0.2) is 30.3 Å². The first kappa shape index (κ1) is 19.9. The van der Waals surface area contributed by atoms with Crippen LogP contribution in [0.2, 0.25) is 0 Å². The van der Waals surface area contributed by atoms with Gasteiger partial charge in [0.05, 0.1) is 0 Å². The Labute approximate surface area is 168 Å². The Bertz CT molecular complexity index is 796. The molecule has 0 spiro atoms. The van der Waals surface area contributed by atoms with E-state index in [2.05, 4.69) is 6.92 Å². The summed E-state index contributed by atoms with van der Waals surface area (Å²) >= 11 is 0. The second-order valence-electron chi connectivity index (χ2n) is 9.39. The number of hydrogen-bond donors (Lipinski definition) is 0. The van der Waals surface area contributed by atoms with Crippen LogP contribution >= 0.6 is 0 Å². The summed E-state index contributed by atoms with van der Waals surface area (Å²) in [5.74, 6) is 2.29. The number of fused-ring (bicyclic) bond motifs is 2. The molecular weight excluding hydrogens is 350 g/mol. The van der Waals surface area contributed by atoms with Gasteiger partial charge in [0.2, 0.25) is 0 Å². The van der Waals surface area contributed by atoms with Crippen LogP contribution in [0.5, 0.6) is 0 Å². The second-order valence-corrected chi connectivity index (χ2v) is 9.39. The Kier molecular flexibility index (Phi) is 6.33. The second kappa shape index (κ2) is 8.93. The van der Waals surface area contributed by atoms with Crippen LogP contribution in [-0.4, -0.2) is 0 Å². The zero-order chi connectivity index (χ0) is 19.5. The molecule has 4 rings (SSSR count). The van der Waals surface area contributed by atoms with E-state index in [4.69, 9.17) is 0 Å². The molecule has 152 valence electrons. The zero-order valence-electron chi connectivity index (χ0n) is 17.2. The quantitative estimate of drug-likeness (QED) is 0.439. The topological polar surface area (TPSA) is 0 Å². The Morgan fingerprint density at radius 1 is 0.857 bits per heavy atom. The van der Waals surface area contributed by atoms with Crippen LogP contribution in [0.1, 0.15) is 89.0 Å². The summed E-state index contributed by atoms with van der Waals surface area (Å²) in [6, 6.07) is 8.36. The number of hydrogen-bond acceptors (Lipinski definition) is 0. The van der Waals surface area contributed by atoms with Gasteiger partial charge >= 0.3 is 0 Å². The summed E-state index contributed by atoms with van der Waals surface area (Å²) in [5, 5.41) is 1.23. The molecular formula is C26H34F2. The van der Waals surface area contributed by atoms with E-state index >= 15 is 4.39 Å². The largest absolute Gasteiger partial charge is 0.207 e. The van der Waals surface area contributed by atoms with Crippen LogP contribution < -0.4 is 0 Å². The van der Waals surface area contributed by atoms with Crippen molar-refractivity contribution in [3.05, 3.63) is 47.5 Å². The normalized spacial score (nSPS) is 27.7. The molecule has 2 fully saturated rings. The lowest BCUT2D eigenvalue weighted by atomic mass is 9.63. The maximum atomic E-state index is 15.2. The molecule has 0 aromatic heterocycles. The van der Waals surface area contributed by atoms with E-state index in [1.807, 2.05) is 12.1 Å². The molecule has 0 amide bonds. The first-order valence-electron chi connectivity index (χ1n) is 11.5. The molecule has 2 aromatic rings. The van der Waals surface area contributed by atoms with Gasteiger partial charge in [0.15, 0.2) is 0 Å². The molecule has 28 heavy (non-hydrogen) atoms. The SMILES string of the molecule is CCCCCCC1CCC2CC(c3ccc4ccc(F)cc4c3F)CCC2C1. The average molecular weight is 385 g/mol. The van der Waals surface area contributed by atoms with Crippen molar-refractivity contribution in [2.24, 2.45) is 17.8 Å². The van der Waals surface area contributed by atoms with Crippen LogP contribution in [0.25, 0.3) is 10.8 Å². The molecule has 4 atom stereocenters. The number of rotatable bonds is 6. The summed E-state index contributed by atoms with van der Waals surface area (Å²) in [6.45, 7) is 2.28. The van der Waals surface area contributed by atoms with Crippen molar-refractivity contribution in [2.45, 2.75) is 83.5 Å². The van der Waals surface area contributed by atoms with Crippen molar-refractivity contribution >= 4 is 10.8 Å². The average Bonchev–Trinajstić information content (AvgIpc) is 2.71. The molecule has 0 nitrogen and oxygen atoms in total. The Balaban J connectivity index is 1.40. The molecule has 0 heterocycles. The van der Waals surface area contributed by atoms with Crippen molar-refractivity contribution in [2.75, 3.05) is 0 Å². The molecule has 2 saturated carbocycles. The predicted octanol–water partition coefficient (Wildman–Crippen LogP) is 8.39. The van der Waals surface area contributed by atoms with E-state index in [9.17, 15) is 4.39 Å². The van der Waals surface area contributed by atoms with Gasteiger partial charge in [-0.05, 0) is 78.9 Å². The highest BCUT2D eigenvalue weighted by atomic mass is 19.1. The standard InChI is InChI=1S/C26H34F2/c1-2-3-4-5-6-18-7-8-21-16-22(10-9-20(21)15-18)24-14-12-19-11-13-23(27)17-25(19)26(24)28/h11-14,17-18,20-22H,2-10,15-16H2,1H3. The van der Waals surface area contributed by atoms with Crippen molar-refractivity contribution in [3.63, 3.8) is 0 Å². The third-order valence-electron chi connectivity index (χ3n) is 7.58. The number of unbranched alkanes of at least 4 members (excludes halogenated alkanes) is 3. The van der Waals surface area contributed by atoms with E-state index in [0.29, 0.717) is 11.3 Å². The lowest BCUT2D eigenvalue weighted by Crippen LogP contribution is -2.30. The smallest absolute Gasteiger partial charge is 0.134 e. The minimum Gasteiger partial charge on any atom is -0.207 e. The van der Waals surface area contributed by atoms with Gasteiger partial charge in [-0.1, -0.05) is 63.6 Å². The minimum atomic E-state index is -0.357. The third kappa shape index (κ3) is 4.26.